The highest BCUT2D eigenvalue weighted by molar-refractivity contribution is 5.92. The van der Waals surface area contributed by atoms with Crippen molar-refractivity contribution in [2.45, 2.75) is 38.6 Å². The average Bonchev–Trinajstić information content (AvgIpc) is 2.97. The molecule has 2 heterocycles. The summed E-state index contributed by atoms with van der Waals surface area (Å²) in [5.74, 6) is -1.12. The number of aryl methyl sites for hydroxylation is 1. The number of amides is 1. The Kier molecular flexibility index (Phi) is 5.32. The van der Waals surface area contributed by atoms with E-state index in [9.17, 15) is 9.59 Å². The van der Waals surface area contributed by atoms with E-state index in [0.29, 0.717) is 18.9 Å². The molecule has 7 heteroatoms. The van der Waals surface area contributed by atoms with Crippen molar-refractivity contribution >= 4 is 11.9 Å². The molecule has 7 nitrogen and oxygen atoms in total. The zero-order valence-electron chi connectivity index (χ0n) is 12.2. The Morgan fingerprint density at radius 1 is 1.48 bits per heavy atom. The Labute approximate surface area is 123 Å². The summed E-state index contributed by atoms with van der Waals surface area (Å²) in [6, 6.07) is 1.75. The van der Waals surface area contributed by atoms with Crippen LogP contribution in [-0.4, -0.2) is 57.9 Å². The Morgan fingerprint density at radius 3 is 2.76 bits per heavy atom. The molecule has 116 valence electrons. The smallest absolute Gasteiger partial charge is 0.305 e. The van der Waals surface area contributed by atoms with E-state index in [2.05, 4.69) is 10.2 Å². The van der Waals surface area contributed by atoms with Crippen LogP contribution in [0.5, 0.6) is 0 Å². The molecule has 0 bridgehead atoms. The molecule has 1 saturated heterocycles. The zero-order valence-corrected chi connectivity index (χ0v) is 12.2. The van der Waals surface area contributed by atoms with Crippen molar-refractivity contribution in [2.75, 3.05) is 19.8 Å². The summed E-state index contributed by atoms with van der Waals surface area (Å²) in [7, 11) is 0. The van der Waals surface area contributed by atoms with E-state index in [1.165, 1.54) is 0 Å². The van der Waals surface area contributed by atoms with Gasteiger partial charge >= 0.3 is 5.97 Å². The van der Waals surface area contributed by atoms with E-state index in [-0.39, 0.29) is 24.9 Å². The minimum Gasteiger partial charge on any atom is -0.481 e. The van der Waals surface area contributed by atoms with Gasteiger partial charge in [0.1, 0.15) is 5.69 Å². The number of aliphatic carboxylic acids is 1. The number of hydrogen-bond acceptors (Lipinski definition) is 4. The topological polar surface area (TPSA) is 95.5 Å². The number of aromatic amines is 1. The minimum absolute atomic E-state index is 0.0207. The van der Waals surface area contributed by atoms with Gasteiger partial charge in [-0.15, -0.1) is 0 Å². The molecule has 1 aliphatic rings. The Hall–Kier alpha value is -1.89. The number of ether oxygens (including phenoxy) is 1. The number of hydrogen-bond donors (Lipinski definition) is 2. The summed E-state index contributed by atoms with van der Waals surface area (Å²) in [6.45, 7) is 3.38. The van der Waals surface area contributed by atoms with Crippen LogP contribution in [0.2, 0.25) is 0 Å². The fraction of sp³-hybridized carbons (Fsp3) is 0.643. The molecule has 0 saturated carbocycles. The molecule has 2 rings (SSSR count). The first-order chi connectivity index (χ1) is 10.1. The largest absolute Gasteiger partial charge is 0.481 e. The Balaban J connectivity index is 2.12. The molecule has 1 aromatic rings. The van der Waals surface area contributed by atoms with Crippen molar-refractivity contribution in [1.29, 1.82) is 0 Å². The van der Waals surface area contributed by atoms with Crippen LogP contribution in [0.25, 0.3) is 0 Å². The fourth-order valence-corrected chi connectivity index (χ4v) is 2.46. The van der Waals surface area contributed by atoms with Gasteiger partial charge in [0.15, 0.2) is 0 Å². The molecule has 0 spiro atoms. The lowest BCUT2D eigenvalue weighted by Crippen LogP contribution is -2.44. The predicted molar refractivity (Wildman–Crippen MR) is 75.1 cm³/mol. The Bertz CT molecular complexity index is 494. The maximum Gasteiger partial charge on any atom is 0.305 e. The summed E-state index contributed by atoms with van der Waals surface area (Å²) in [5, 5.41) is 15.7. The summed E-state index contributed by atoms with van der Waals surface area (Å²) < 4.78 is 5.31. The molecular formula is C14H21N3O4. The normalized spacial score (nSPS) is 15.9. The summed E-state index contributed by atoms with van der Waals surface area (Å²) in [5.41, 5.74) is 1.24. The number of carbonyl (C=O) groups excluding carboxylic acids is 1. The van der Waals surface area contributed by atoms with Crippen LogP contribution in [0.15, 0.2) is 6.07 Å². The van der Waals surface area contributed by atoms with Crippen molar-refractivity contribution in [3.05, 3.63) is 17.5 Å². The highest BCUT2D eigenvalue weighted by Crippen LogP contribution is 2.18. The number of nitrogens with one attached hydrogen (secondary N) is 1. The number of carbonyl (C=O) groups is 2. The highest BCUT2D eigenvalue weighted by Gasteiger charge is 2.28. The molecule has 0 radical (unpaired) electrons. The second-order valence-electron chi connectivity index (χ2n) is 5.12. The number of aromatic nitrogens is 2. The quantitative estimate of drug-likeness (QED) is 0.818. The highest BCUT2D eigenvalue weighted by atomic mass is 16.5. The maximum atomic E-state index is 12.6. The van der Waals surface area contributed by atoms with Gasteiger partial charge in [-0.3, -0.25) is 14.7 Å². The zero-order chi connectivity index (χ0) is 15.2. The van der Waals surface area contributed by atoms with E-state index in [1.54, 1.807) is 11.0 Å². The molecule has 0 unspecified atom stereocenters. The van der Waals surface area contributed by atoms with Crippen LogP contribution in [-0.2, 0) is 16.0 Å². The van der Waals surface area contributed by atoms with Gasteiger partial charge in [-0.25, -0.2) is 0 Å². The van der Waals surface area contributed by atoms with E-state index >= 15 is 0 Å². The lowest BCUT2D eigenvalue weighted by Gasteiger charge is -2.33. The van der Waals surface area contributed by atoms with Gasteiger partial charge in [-0.05, 0) is 25.3 Å². The molecular weight excluding hydrogens is 274 g/mol. The molecule has 2 N–H and O–H groups in total. The number of H-pyrrole nitrogens is 1. The first kappa shape index (κ1) is 15.5. The SMILES string of the molecule is CCc1cc(C(=O)N(CCC(=O)O)C2CCOCC2)n[nH]1. The molecule has 21 heavy (non-hydrogen) atoms. The lowest BCUT2D eigenvalue weighted by molar-refractivity contribution is -0.137. The maximum absolute atomic E-state index is 12.6. The summed E-state index contributed by atoms with van der Waals surface area (Å²) >= 11 is 0. The van der Waals surface area contributed by atoms with E-state index in [4.69, 9.17) is 9.84 Å². The first-order valence-corrected chi connectivity index (χ1v) is 7.26. The van der Waals surface area contributed by atoms with Gasteiger partial charge in [-0.2, -0.15) is 5.10 Å². The van der Waals surface area contributed by atoms with Crippen molar-refractivity contribution in [2.24, 2.45) is 0 Å². The van der Waals surface area contributed by atoms with E-state index in [0.717, 1.165) is 25.0 Å². The van der Waals surface area contributed by atoms with E-state index < -0.39 is 5.97 Å². The number of carboxylic acids is 1. The molecule has 0 atom stereocenters. The van der Waals surface area contributed by atoms with Crippen LogP contribution in [0.3, 0.4) is 0 Å². The Morgan fingerprint density at radius 2 is 2.19 bits per heavy atom. The van der Waals surface area contributed by atoms with Crippen LogP contribution in [0, 0.1) is 0 Å². The monoisotopic (exact) mass is 295 g/mol. The van der Waals surface area contributed by atoms with Crippen LogP contribution in [0.1, 0.15) is 42.4 Å². The number of rotatable bonds is 6. The van der Waals surface area contributed by atoms with Gasteiger partial charge in [0.2, 0.25) is 0 Å². The molecule has 1 amide bonds. The summed E-state index contributed by atoms with van der Waals surface area (Å²) in [6.07, 6.45) is 2.17. The van der Waals surface area contributed by atoms with Gasteiger partial charge in [0.25, 0.3) is 5.91 Å². The fourth-order valence-electron chi connectivity index (χ4n) is 2.46. The summed E-state index contributed by atoms with van der Waals surface area (Å²) in [4.78, 5) is 25.0. The molecule has 0 aromatic carbocycles. The standard InChI is InChI=1S/C14H21N3O4/c1-2-10-9-12(16-15-10)14(20)17(6-3-13(18)19)11-4-7-21-8-5-11/h9,11H,2-8H2,1H3,(H,15,16)(H,18,19). The van der Waals surface area contributed by atoms with Gasteiger partial charge in [-0.1, -0.05) is 6.92 Å². The number of nitrogens with zero attached hydrogens (tertiary/aromatic N) is 2. The van der Waals surface area contributed by atoms with Crippen LogP contribution >= 0.6 is 0 Å². The third-order valence-corrected chi connectivity index (χ3v) is 3.69. The average molecular weight is 295 g/mol. The third-order valence-electron chi connectivity index (χ3n) is 3.69. The first-order valence-electron chi connectivity index (χ1n) is 7.26. The second kappa shape index (κ2) is 7.21. The molecule has 1 fully saturated rings. The van der Waals surface area contributed by atoms with Crippen LogP contribution < -0.4 is 0 Å². The molecule has 1 aliphatic heterocycles. The number of carboxylic acid groups (broad SMARTS) is 1. The van der Waals surface area contributed by atoms with Crippen molar-refractivity contribution in [3.8, 4) is 0 Å². The minimum atomic E-state index is -0.906. The predicted octanol–water partition coefficient (Wildman–Crippen LogP) is 1.07. The van der Waals surface area contributed by atoms with Gasteiger partial charge in [0, 0.05) is 31.5 Å². The van der Waals surface area contributed by atoms with Crippen molar-refractivity contribution in [1.82, 2.24) is 15.1 Å². The third kappa shape index (κ3) is 4.04. The molecule has 1 aromatic heterocycles. The molecule has 0 aliphatic carbocycles. The second-order valence-corrected chi connectivity index (χ2v) is 5.12. The van der Waals surface area contributed by atoms with Gasteiger partial charge < -0.3 is 14.7 Å². The lowest BCUT2D eigenvalue weighted by atomic mass is 10.1. The van der Waals surface area contributed by atoms with Gasteiger partial charge in [0.05, 0.1) is 6.42 Å². The van der Waals surface area contributed by atoms with E-state index in [1.807, 2.05) is 6.92 Å². The van der Waals surface area contributed by atoms with Crippen molar-refractivity contribution in [3.63, 3.8) is 0 Å². The van der Waals surface area contributed by atoms with Crippen molar-refractivity contribution < 1.29 is 19.4 Å². The van der Waals surface area contributed by atoms with Crippen LogP contribution in [0.4, 0.5) is 0 Å².